The van der Waals surface area contributed by atoms with Crippen LogP contribution in [0, 0.1) is 18.3 Å². The summed E-state index contributed by atoms with van der Waals surface area (Å²) in [6.45, 7) is 6.97. The number of carbonyl (C=O) groups is 1. The fraction of sp³-hybridized carbons (Fsp3) is 0.500. The molecule has 1 aliphatic rings. The Bertz CT molecular complexity index is 568. The molecule has 1 aromatic heterocycles. The zero-order valence-corrected chi connectivity index (χ0v) is 13.6. The Morgan fingerprint density at radius 2 is 2.32 bits per heavy atom. The first-order chi connectivity index (χ1) is 10.7. The molecular formula is C16H21N3O2S. The second kappa shape index (κ2) is 8.69. The van der Waals surface area contributed by atoms with Gasteiger partial charge in [0.05, 0.1) is 13.2 Å². The highest BCUT2D eigenvalue weighted by atomic mass is 32.1. The first kappa shape index (κ1) is 16.7. The van der Waals surface area contributed by atoms with Crippen molar-refractivity contribution in [1.29, 1.82) is 5.26 Å². The number of hydrogen-bond donors (Lipinski definition) is 1. The van der Waals surface area contributed by atoms with E-state index >= 15 is 0 Å². The smallest absolute Gasteiger partial charge is 0.261 e. The number of carbonyl (C=O) groups excluding carboxylic acids is 1. The number of nitrogens with zero attached hydrogens (tertiary/aromatic N) is 2. The summed E-state index contributed by atoms with van der Waals surface area (Å²) in [4.78, 5) is 15.3. The minimum absolute atomic E-state index is 0.164. The lowest BCUT2D eigenvalue weighted by molar-refractivity contribution is -0.117. The Kier molecular flexibility index (Phi) is 6.59. The van der Waals surface area contributed by atoms with E-state index in [-0.39, 0.29) is 11.5 Å². The number of morpholine rings is 1. The van der Waals surface area contributed by atoms with Gasteiger partial charge in [-0.05, 0) is 43.0 Å². The molecule has 0 aromatic carbocycles. The molecule has 1 amide bonds. The second-order valence-corrected chi connectivity index (χ2v) is 6.15. The fourth-order valence-corrected chi connectivity index (χ4v) is 3.10. The quantitative estimate of drug-likeness (QED) is 0.493. The van der Waals surface area contributed by atoms with E-state index in [2.05, 4.69) is 10.2 Å². The van der Waals surface area contributed by atoms with Crippen molar-refractivity contribution in [2.24, 2.45) is 0 Å². The van der Waals surface area contributed by atoms with Crippen LogP contribution in [0.5, 0.6) is 0 Å². The Labute approximate surface area is 135 Å². The van der Waals surface area contributed by atoms with Gasteiger partial charge in [0.15, 0.2) is 0 Å². The van der Waals surface area contributed by atoms with E-state index in [1.807, 2.05) is 24.4 Å². The Hall–Kier alpha value is -1.68. The summed E-state index contributed by atoms with van der Waals surface area (Å²) in [5.74, 6) is -0.294. The molecule has 0 atom stereocenters. The van der Waals surface area contributed by atoms with E-state index in [1.54, 1.807) is 6.08 Å². The van der Waals surface area contributed by atoms with Crippen LogP contribution < -0.4 is 5.32 Å². The van der Waals surface area contributed by atoms with E-state index in [0.717, 1.165) is 49.7 Å². The molecule has 0 radical (unpaired) electrons. The summed E-state index contributed by atoms with van der Waals surface area (Å²) >= 11 is 1.53. The van der Waals surface area contributed by atoms with Crippen molar-refractivity contribution in [3.05, 3.63) is 27.5 Å². The van der Waals surface area contributed by atoms with Crippen LogP contribution >= 0.6 is 11.3 Å². The number of hydrogen-bond acceptors (Lipinski definition) is 5. The topological polar surface area (TPSA) is 65.4 Å². The van der Waals surface area contributed by atoms with Crippen LogP contribution in [-0.2, 0) is 9.53 Å². The summed E-state index contributed by atoms with van der Waals surface area (Å²) in [5.41, 5.74) is 1.25. The van der Waals surface area contributed by atoms with Crippen LogP contribution in [0.15, 0.2) is 17.0 Å². The van der Waals surface area contributed by atoms with E-state index in [9.17, 15) is 4.79 Å². The maximum Gasteiger partial charge on any atom is 0.261 e. The number of amides is 1. The zero-order chi connectivity index (χ0) is 15.8. The summed E-state index contributed by atoms with van der Waals surface area (Å²) in [6, 6.07) is 3.96. The monoisotopic (exact) mass is 319 g/mol. The molecule has 1 aliphatic heterocycles. The van der Waals surface area contributed by atoms with Gasteiger partial charge in [-0.15, -0.1) is 11.3 Å². The summed E-state index contributed by atoms with van der Waals surface area (Å²) in [5, 5.41) is 13.9. The summed E-state index contributed by atoms with van der Waals surface area (Å²) < 4.78 is 5.30. The van der Waals surface area contributed by atoms with Crippen LogP contribution in [0.1, 0.15) is 16.9 Å². The molecule has 118 valence electrons. The van der Waals surface area contributed by atoms with Crippen molar-refractivity contribution in [2.75, 3.05) is 39.4 Å². The maximum atomic E-state index is 12.0. The third-order valence-electron chi connectivity index (χ3n) is 3.58. The molecule has 1 aromatic rings. The average Bonchev–Trinajstić information content (AvgIpc) is 2.95. The Balaban J connectivity index is 1.77. The fourth-order valence-electron chi connectivity index (χ4n) is 2.24. The minimum atomic E-state index is -0.294. The highest BCUT2D eigenvalue weighted by Crippen LogP contribution is 2.18. The van der Waals surface area contributed by atoms with E-state index < -0.39 is 0 Å². The van der Waals surface area contributed by atoms with Crippen LogP contribution in [0.4, 0.5) is 0 Å². The van der Waals surface area contributed by atoms with E-state index in [0.29, 0.717) is 6.54 Å². The molecule has 22 heavy (non-hydrogen) atoms. The van der Waals surface area contributed by atoms with Crippen molar-refractivity contribution in [3.8, 4) is 6.07 Å². The molecule has 0 spiro atoms. The number of thiophene rings is 1. The average molecular weight is 319 g/mol. The van der Waals surface area contributed by atoms with Crippen molar-refractivity contribution in [1.82, 2.24) is 10.2 Å². The number of ether oxygens (including phenoxy) is 1. The predicted octanol–water partition coefficient (Wildman–Crippen LogP) is 1.80. The third-order valence-corrected chi connectivity index (χ3v) is 4.55. The van der Waals surface area contributed by atoms with E-state index in [4.69, 9.17) is 10.00 Å². The molecular weight excluding hydrogens is 298 g/mol. The van der Waals surface area contributed by atoms with Crippen LogP contribution in [0.3, 0.4) is 0 Å². The van der Waals surface area contributed by atoms with Crippen molar-refractivity contribution < 1.29 is 9.53 Å². The van der Waals surface area contributed by atoms with Gasteiger partial charge in [0, 0.05) is 24.5 Å². The molecule has 0 saturated carbocycles. The van der Waals surface area contributed by atoms with E-state index in [1.165, 1.54) is 11.3 Å². The molecule has 0 bridgehead atoms. The molecule has 5 nitrogen and oxygen atoms in total. The summed E-state index contributed by atoms with van der Waals surface area (Å²) in [6.07, 6.45) is 2.54. The first-order valence-corrected chi connectivity index (χ1v) is 8.33. The van der Waals surface area contributed by atoms with Gasteiger partial charge in [0.1, 0.15) is 11.6 Å². The van der Waals surface area contributed by atoms with Crippen LogP contribution in [-0.4, -0.2) is 50.2 Å². The maximum absolute atomic E-state index is 12.0. The second-order valence-electron chi connectivity index (χ2n) is 5.20. The van der Waals surface area contributed by atoms with Gasteiger partial charge >= 0.3 is 0 Å². The SMILES string of the molecule is Cc1ccsc1/C=C(\C#N)C(=O)NCCCN1CCOCC1. The van der Waals surface area contributed by atoms with Gasteiger partial charge in [-0.2, -0.15) is 5.26 Å². The Morgan fingerprint density at radius 1 is 1.55 bits per heavy atom. The van der Waals surface area contributed by atoms with Gasteiger partial charge in [-0.25, -0.2) is 0 Å². The largest absolute Gasteiger partial charge is 0.379 e. The number of nitrogens with one attached hydrogen (secondary N) is 1. The minimum Gasteiger partial charge on any atom is -0.379 e. The molecule has 2 rings (SSSR count). The van der Waals surface area contributed by atoms with Crippen molar-refractivity contribution in [3.63, 3.8) is 0 Å². The molecule has 0 unspecified atom stereocenters. The highest BCUT2D eigenvalue weighted by molar-refractivity contribution is 7.11. The highest BCUT2D eigenvalue weighted by Gasteiger charge is 2.11. The number of aryl methyl sites for hydroxylation is 1. The third kappa shape index (κ3) is 4.95. The van der Waals surface area contributed by atoms with Crippen molar-refractivity contribution in [2.45, 2.75) is 13.3 Å². The van der Waals surface area contributed by atoms with Crippen LogP contribution in [0.25, 0.3) is 6.08 Å². The molecule has 1 fully saturated rings. The number of rotatable bonds is 6. The first-order valence-electron chi connectivity index (χ1n) is 7.45. The van der Waals surface area contributed by atoms with Gasteiger partial charge in [-0.3, -0.25) is 9.69 Å². The molecule has 0 aliphatic carbocycles. The molecule has 2 heterocycles. The van der Waals surface area contributed by atoms with Gasteiger partial charge in [0.2, 0.25) is 0 Å². The lowest BCUT2D eigenvalue weighted by Gasteiger charge is -2.26. The lowest BCUT2D eigenvalue weighted by atomic mass is 10.2. The number of nitriles is 1. The van der Waals surface area contributed by atoms with Gasteiger partial charge in [0.25, 0.3) is 5.91 Å². The lowest BCUT2D eigenvalue weighted by Crippen LogP contribution is -2.38. The van der Waals surface area contributed by atoms with Crippen molar-refractivity contribution >= 4 is 23.3 Å². The predicted molar refractivity (Wildman–Crippen MR) is 87.5 cm³/mol. The van der Waals surface area contributed by atoms with Crippen LogP contribution in [0.2, 0.25) is 0 Å². The zero-order valence-electron chi connectivity index (χ0n) is 12.8. The molecule has 6 heteroatoms. The van der Waals surface area contributed by atoms with Gasteiger partial charge < -0.3 is 10.1 Å². The normalized spacial score (nSPS) is 16.3. The Morgan fingerprint density at radius 3 is 2.95 bits per heavy atom. The standard InChI is InChI=1S/C16H21N3O2S/c1-13-3-10-22-15(13)11-14(12-17)16(20)18-4-2-5-19-6-8-21-9-7-19/h3,10-11H,2,4-9H2,1H3,(H,18,20)/b14-11+. The molecule has 1 N–H and O–H groups in total. The summed E-state index contributed by atoms with van der Waals surface area (Å²) in [7, 11) is 0. The molecule has 1 saturated heterocycles. The van der Waals surface area contributed by atoms with Gasteiger partial charge in [-0.1, -0.05) is 0 Å².